The van der Waals surface area contributed by atoms with Gasteiger partial charge >= 0.3 is 5.97 Å². The normalized spacial score (nSPS) is 12.7. The van der Waals surface area contributed by atoms with E-state index >= 15 is 0 Å². The van der Waals surface area contributed by atoms with E-state index in [1.54, 1.807) is 6.92 Å². The average molecular weight is 263 g/mol. The number of carboxylic acids is 1. The van der Waals surface area contributed by atoms with Crippen LogP contribution in [0.25, 0.3) is 0 Å². The molecule has 19 heavy (non-hydrogen) atoms. The van der Waals surface area contributed by atoms with Gasteiger partial charge in [-0.25, -0.2) is 0 Å². The predicted octanol–water partition coefficient (Wildman–Crippen LogP) is 3.15. The van der Waals surface area contributed by atoms with Gasteiger partial charge in [-0.05, 0) is 49.6 Å². The third-order valence-corrected chi connectivity index (χ3v) is 3.75. The van der Waals surface area contributed by atoms with E-state index in [9.17, 15) is 4.79 Å². The van der Waals surface area contributed by atoms with E-state index in [1.807, 2.05) is 0 Å². The highest BCUT2D eigenvalue weighted by molar-refractivity contribution is 5.69. The smallest absolute Gasteiger partial charge is 0.307 e. The fourth-order valence-corrected chi connectivity index (χ4v) is 2.20. The highest BCUT2D eigenvalue weighted by atomic mass is 16.4. The molecule has 0 spiro atoms. The minimum absolute atomic E-state index is 0.327. The summed E-state index contributed by atoms with van der Waals surface area (Å²) in [6.07, 6.45) is 0. The molecule has 1 aromatic carbocycles. The van der Waals surface area contributed by atoms with Crippen molar-refractivity contribution in [1.82, 2.24) is 4.90 Å². The monoisotopic (exact) mass is 263 g/mol. The maximum atomic E-state index is 10.9. The number of carboxylic acid groups (broad SMARTS) is 1. The molecule has 0 bridgehead atoms. The summed E-state index contributed by atoms with van der Waals surface area (Å²) in [5.41, 5.74) is 5.18. The number of aliphatic carboxylic acids is 1. The topological polar surface area (TPSA) is 40.5 Å². The zero-order valence-electron chi connectivity index (χ0n) is 12.7. The van der Waals surface area contributed by atoms with E-state index in [-0.39, 0.29) is 5.92 Å². The van der Waals surface area contributed by atoms with Gasteiger partial charge in [0.25, 0.3) is 0 Å². The van der Waals surface area contributed by atoms with Gasteiger partial charge in [0.1, 0.15) is 0 Å². The lowest BCUT2D eigenvalue weighted by molar-refractivity contribution is -0.141. The van der Waals surface area contributed by atoms with Crippen LogP contribution in [-0.2, 0) is 11.3 Å². The van der Waals surface area contributed by atoms with E-state index in [2.05, 4.69) is 44.7 Å². The zero-order valence-corrected chi connectivity index (χ0v) is 12.7. The van der Waals surface area contributed by atoms with Gasteiger partial charge in [0.05, 0.1) is 5.92 Å². The lowest BCUT2D eigenvalue weighted by atomic mass is 10.00. The van der Waals surface area contributed by atoms with Crippen molar-refractivity contribution in [3.05, 3.63) is 34.4 Å². The highest BCUT2D eigenvalue weighted by Crippen LogP contribution is 2.17. The third kappa shape index (κ3) is 4.35. The van der Waals surface area contributed by atoms with E-state index < -0.39 is 5.97 Å². The first kappa shape index (κ1) is 15.7. The van der Waals surface area contributed by atoms with Crippen molar-refractivity contribution in [2.75, 3.05) is 13.1 Å². The van der Waals surface area contributed by atoms with Gasteiger partial charge in [-0.1, -0.05) is 26.0 Å². The molecular formula is C16H25NO2. The molecular weight excluding hydrogens is 238 g/mol. The van der Waals surface area contributed by atoms with Gasteiger partial charge < -0.3 is 5.11 Å². The van der Waals surface area contributed by atoms with Gasteiger partial charge in [-0.15, -0.1) is 0 Å². The Kier molecular flexibility index (Phi) is 5.55. The number of carbonyl (C=O) groups is 1. The van der Waals surface area contributed by atoms with Gasteiger partial charge in [0.2, 0.25) is 0 Å². The Hall–Kier alpha value is -1.35. The molecule has 0 heterocycles. The van der Waals surface area contributed by atoms with E-state index in [0.717, 1.165) is 13.1 Å². The van der Waals surface area contributed by atoms with Gasteiger partial charge in [-0.2, -0.15) is 0 Å². The Morgan fingerprint density at radius 2 is 1.79 bits per heavy atom. The number of hydrogen-bond donors (Lipinski definition) is 1. The van der Waals surface area contributed by atoms with E-state index in [1.165, 1.54) is 22.3 Å². The van der Waals surface area contributed by atoms with Crippen molar-refractivity contribution in [2.24, 2.45) is 5.92 Å². The quantitative estimate of drug-likeness (QED) is 0.857. The Bertz CT molecular complexity index is 454. The lowest BCUT2D eigenvalue weighted by Crippen LogP contribution is -2.31. The summed E-state index contributed by atoms with van der Waals surface area (Å²) in [7, 11) is 0. The molecule has 0 amide bonds. The molecule has 3 nitrogen and oxygen atoms in total. The zero-order chi connectivity index (χ0) is 14.6. The van der Waals surface area contributed by atoms with Crippen LogP contribution in [0.5, 0.6) is 0 Å². The molecule has 0 aromatic heterocycles. The molecule has 0 aliphatic carbocycles. The van der Waals surface area contributed by atoms with Crippen LogP contribution in [0.1, 0.15) is 36.1 Å². The lowest BCUT2D eigenvalue weighted by Gasteiger charge is -2.24. The molecule has 1 atom stereocenters. The van der Waals surface area contributed by atoms with Crippen LogP contribution in [0.4, 0.5) is 0 Å². The first-order chi connectivity index (χ1) is 8.85. The van der Waals surface area contributed by atoms with Crippen molar-refractivity contribution >= 4 is 5.97 Å². The van der Waals surface area contributed by atoms with Crippen molar-refractivity contribution in [3.8, 4) is 0 Å². The summed E-state index contributed by atoms with van der Waals surface area (Å²) in [6.45, 7) is 12.5. The van der Waals surface area contributed by atoms with Crippen LogP contribution < -0.4 is 0 Å². The van der Waals surface area contributed by atoms with Crippen molar-refractivity contribution < 1.29 is 9.90 Å². The molecule has 0 saturated carbocycles. The van der Waals surface area contributed by atoms with E-state index in [0.29, 0.717) is 6.54 Å². The molecule has 0 saturated heterocycles. The number of benzene rings is 1. The number of aryl methyl sites for hydroxylation is 3. The second-order valence-corrected chi connectivity index (χ2v) is 5.43. The molecule has 1 N–H and O–H groups in total. The van der Waals surface area contributed by atoms with Crippen LogP contribution in [-0.4, -0.2) is 29.1 Å². The Morgan fingerprint density at radius 3 is 2.32 bits per heavy atom. The Morgan fingerprint density at radius 1 is 1.21 bits per heavy atom. The first-order valence-electron chi connectivity index (χ1n) is 6.87. The van der Waals surface area contributed by atoms with Crippen molar-refractivity contribution in [2.45, 2.75) is 41.2 Å². The van der Waals surface area contributed by atoms with Gasteiger partial charge in [0.15, 0.2) is 0 Å². The summed E-state index contributed by atoms with van der Waals surface area (Å²) >= 11 is 0. The second-order valence-electron chi connectivity index (χ2n) is 5.43. The maximum absolute atomic E-state index is 10.9. The van der Waals surface area contributed by atoms with E-state index in [4.69, 9.17) is 5.11 Å². The molecule has 0 radical (unpaired) electrons. The summed E-state index contributed by atoms with van der Waals surface area (Å²) in [6, 6.07) is 4.43. The minimum Gasteiger partial charge on any atom is -0.481 e. The molecule has 1 aromatic rings. The van der Waals surface area contributed by atoms with Crippen LogP contribution in [0.3, 0.4) is 0 Å². The van der Waals surface area contributed by atoms with Crippen molar-refractivity contribution in [1.29, 1.82) is 0 Å². The van der Waals surface area contributed by atoms with Crippen LogP contribution >= 0.6 is 0 Å². The van der Waals surface area contributed by atoms with Gasteiger partial charge in [-0.3, -0.25) is 9.69 Å². The molecule has 1 rings (SSSR count). The summed E-state index contributed by atoms with van der Waals surface area (Å²) in [5, 5.41) is 9.00. The van der Waals surface area contributed by atoms with Crippen LogP contribution in [0.2, 0.25) is 0 Å². The Labute approximate surface area is 116 Å². The summed E-state index contributed by atoms with van der Waals surface area (Å²) < 4.78 is 0. The molecule has 0 fully saturated rings. The van der Waals surface area contributed by atoms with Crippen LogP contribution in [0.15, 0.2) is 12.1 Å². The number of rotatable bonds is 6. The second kappa shape index (κ2) is 6.71. The predicted molar refractivity (Wildman–Crippen MR) is 78.4 cm³/mol. The fourth-order valence-electron chi connectivity index (χ4n) is 2.20. The average Bonchev–Trinajstić information content (AvgIpc) is 2.34. The molecule has 106 valence electrons. The highest BCUT2D eigenvalue weighted by Gasteiger charge is 2.16. The maximum Gasteiger partial charge on any atom is 0.307 e. The largest absolute Gasteiger partial charge is 0.481 e. The molecule has 1 unspecified atom stereocenters. The SMILES string of the molecule is CCN(Cc1cc(C)c(C)cc1C)CC(C)C(=O)O. The molecule has 3 heteroatoms. The van der Waals surface area contributed by atoms with Gasteiger partial charge in [0, 0.05) is 13.1 Å². The van der Waals surface area contributed by atoms with Crippen molar-refractivity contribution in [3.63, 3.8) is 0 Å². The first-order valence-corrected chi connectivity index (χ1v) is 6.87. The summed E-state index contributed by atoms with van der Waals surface area (Å²) in [5.74, 6) is -1.05. The van der Waals surface area contributed by atoms with Crippen LogP contribution in [0, 0.1) is 26.7 Å². The fraction of sp³-hybridized carbons (Fsp3) is 0.562. The number of nitrogens with zero attached hydrogens (tertiary/aromatic N) is 1. The number of hydrogen-bond acceptors (Lipinski definition) is 2. The molecule has 0 aliphatic heterocycles. The third-order valence-electron chi connectivity index (χ3n) is 3.75. The molecule has 0 aliphatic rings. The Balaban J connectivity index is 2.81. The minimum atomic E-state index is -0.727. The standard InChI is InChI=1S/C16H25NO2/c1-6-17(9-14(5)16(18)19)10-15-8-12(3)11(2)7-13(15)4/h7-8,14H,6,9-10H2,1-5H3,(H,18,19). The summed E-state index contributed by atoms with van der Waals surface area (Å²) in [4.78, 5) is 13.1.